The molecule has 22 heavy (non-hydrogen) atoms. The van der Waals surface area contributed by atoms with Gasteiger partial charge >= 0.3 is 5.97 Å². The Morgan fingerprint density at radius 2 is 2.05 bits per heavy atom. The van der Waals surface area contributed by atoms with Crippen molar-refractivity contribution in [2.45, 2.75) is 0 Å². The Hall–Kier alpha value is -2.02. The van der Waals surface area contributed by atoms with Crippen LogP contribution in [0.15, 0.2) is 29.4 Å². The highest BCUT2D eigenvalue weighted by Crippen LogP contribution is 2.36. The molecule has 0 saturated heterocycles. The minimum atomic E-state index is -1.35. The molecule has 9 heteroatoms. The van der Waals surface area contributed by atoms with Gasteiger partial charge in [-0.3, -0.25) is 5.43 Å². The highest BCUT2D eigenvalue weighted by molar-refractivity contribution is 6.46. The number of nitrogens with zero attached hydrogens (tertiary/aromatic N) is 2. The fraction of sp³-hybridized carbons (Fsp3) is 0. The maximum Gasteiger partial charge on any atom is 0.356 e. The Bertz CT molecular complexity index is 766. The summed E-state index contributed by atoms with van der Waals surface area (Å²) >= 11 is 17.6. The van der Waals surface area contributed by atoms with Crippen LogP contribution in [-0.2, 0) is 0 Å². The number of hydrogen-bond acceptors (Lipinski definition) is 5. The first-order valence-corrected chi connectivity index (χ1v) is 6.87. The summed E-state index contributed by atoms with van der Waals surface area (Å²) in [6.45, 7) is 0. The molecule has 2 N–H and O–H groups in total. The highest BCUT2D eigenvalue weighted by Gasteiger charge is 2.20. The second-order valence-electron chi connectivity index (χ2n) is 4.00. The van der Waals surface area contributed by atoms with E-state index < -0.39 is 11.7 Å². The normalized spacial score (nSPS) is 10.9. The van der Waals surface area contributed by atoms with E-state index in [1.165, 1.54) is 18.3 Å². The van der Waals surface area contributed by atoms with Crippen molar-refractivity contribution in [2.24, 2.45) is 5.10 Å². The molecule has 2 rings (SSSR count). The number of carboxylic acids is 1. The Balaban J connectivity index is 2.31. The molecular formula is C13H7Cl3N3O3-. The number of nitrogens with one attached hydrogen (secondary N) is 1. The lowest BCUT2D eigenvalue weighted by Gasteiger charge is -2.09. The van der Waals surface area contributed by atoms with Crippen molar-refractivity contribution in [2.75, 3.05) is 5.43 Å². The number of benzene rings is 1. The van der Waals surface area contributed by atoms with E-state index in [2.05, 4.69) is 15.5 Å². The zero-order valence-electron chi connectivity index (χ0n) is 10.7. The predicted octanol–water partition coefficient (Wildman–Crippen LogP) is 3.26. The van der Waals surface area contributed by atoms with Crippen LogP contribution in [-0.4, -0.2) is 22.3 Å². The minimum absolute atomic E-state index is 0.00950. The van der Waals surface area contributed by atoms with Crippen molar-refractivity contribution >= 4 is 52.7 Å². The maximum atomic E-state index is 11.2. The summed E-state index contributed by atoms with van der Waals surface area (Å²) in [6.07, 6.45) is 1.35. The van der Waals surface area contributed by atoms with Gasteiger partial charge in [-0.1, -0.05) is 59.1 Å². The van der Waals surface area contributed by atoms with E-state index in [9.17, 15) is 9.90 Å². The van der Waals surface area contributed by atoms with Gasteiger partial charge in [0.1, 0.15) is 10.0 Å². The maximum absolute atomic E-state index is 11.2. The Labute approximate surface area is 140 Å². The fourth-order valence-corrected chi connectivity index (χ4v) is 2.19. The molecule has 0 spiro atoms. The van der Waals surface area contributed by atoms with E-state index in [1.54, 1.807) is 12.1 Å². The van der Waals surface area contributed by atoms with Gasteiger partial charge in [-0.15, -0.1) is 5.75 Å². The third-order valence-corrected chi connectivity index (χ3v) is 3.59. The molecule has 0 atom stereocenters. The number of hydrogen-bond donors (Lipinski definition) is 2. The number of rotatable bonds is 4. The molecule has 0 radical (unpaired) electrons. The van der Waals surface area contributed by atoms with Crippen LogP contribution in [0.25, 0.3) is 0 Å². The summed E-state index contributed by atoms with van der Waals surface area (Å²) in [5, 5.41) is 23.5. The Morgan fingerprint density at radius 3 is 2.68 bits per heavy atom. The van der Waals surface area contributed by atoms with Crippen molar-refractivity contribution in [1.29, 1.82) is 0 Å². The Morgan fingerprint density at radius 1 is 1.32 bits per heavy atom. The number of anilines is 1. The number of halogens is 3. The standard InChI is InChI=1S/C13H8Cl3N3O3/c14-8-10(9(15)12(16)18-11(8)13(21)22)19-17-5-6-2-1-3-7(20)4-6/h1-5,20H,(H,18,19)(H,21,22)/p-1/b17-5-. The van der Waals surface area contributed by atoms with Gasteiger partial charge in [0.05, 0.1) is 11.9 Å². The second kappa shape index (κ2) is 6.83. The average Bonchev–Trinajstić information content (AvgIpc) is 2.46. The lowest BCUT2D eigenvalue weighted by Crippen LogP contribution is -2.05. The third kappa shape index (κ3) is 3.59. The molecule has 0 unspecified atom stereocenters. The van der Waals surface area contributed by atoms with Crippen LogP contribution < -0.4 is 10.5 Å². The molecule has 0 bridgehead atoms. The lowest BCUT2D eigenvalue weighted by atomic mass is 10.2. The molecule has 2 aromatic rings. The number of hydrazone groups is 1. The van der Waals surface area contributed by atoms with Gasteiger partial charge in [-0.25, -0.2) is 9.78 Å². The molecule has 0 amide bonds. The Kier molecular flexibility index (Phi) is 5.07. The SMILES string of the molecule is O=C(O)c1nc(Cl)c(Cl)c(N/N=C\c2cccc([O-])c2)c1Cl. The molecule has 0 aliphatic rings. The van der Waals surface area contributed by atoms with Gasteiger partial charge in [-0.2, -0.15) is 5.10 Å². The van der Waals surface area contributed by atoms with Crippen LogP contribution >= 0.6 is 34.8 Å². The molecule has 1 aromatic heterocycles. The summed E-state index contributed by atoms with van der Waals surface area (Å²) in [5.74, 6) is -1.52. The van der Waals surface area contributed by atoms with Gasteiger partial charge in [0.25, 0.3) is 0 Å². The number of aromatic nitrogens is 1. The second-order valence-corrected chi connectivity index (χ2v) is 5.12. The molecule has 6 nitrogen and oxygen atoms in total. The first-order valence-electron chi connectivity index (χ1n) is 5.74. The first-order chi connectivity index (χ1) is 10.4. The first kappa shape index (κ1) is 16.4. The average molecular weight is 360 g/mol. The third-order valence-electron chi connectivity index (χ3n) is 2.49. The van der Waals surface area contributed by atoms with Crippen molar-refractivity contribution < 1.29 is 15.0 Å². The highest BCUT2D eigenvalue weighted by atomic mass is 35.5. The van der Waals surface area contributed by atoms with Gasteiger partial charge in [0, 0.05) is 0 Å². The predicted molar refractivity (Wildman–Crippen MR) is 83.3 cm³/mol. The summed E-state index contributed by atoms with van der Waals surface area (Å²) in [5.41, 5.74) is 2.61. The number of pyridine rings is 1. The quantitative estimate of drug-likeness (QED) is 0.496. The smallest absolute Gasteiger partial charge is 0.356 e. The van der Waals surface area contributed by atoms with Crippen molar-refractivity contribution in [3.8, 4) is 5.75 Å². The van der Waals surface area contributed by atoms with Gasteiger partial charge in [0.15, 0.2) is 10.8 Å². The van der Waals surface area contributed by atoms with Crippen LogP contribution in [0.1, 0.15) is 16.1 Å². The van der Waals surface area contributed by atoms with Crippen LogP contribution in [0.3, 0.4) is 0 Å². The fourth-order valence-electron chi connectivity index (χ4n) is 1.52. The van der Waals surface area contributed by atoms with Gasteiger partial charge < -0.3 is 10.2 Å². The van der Waals surface area contributed by atoms with E-state index >= 15 is 0 Å². The van der Waals surface area contributed by atoms with Gasteiger partial charge in [0.2, 0.25) is 0 Å². The van der Waals surface area contributed by atoms with E-state index in [1.807, 2.05) is 0 Å². The summed E-state index contributed by atoms with van der Waals surface area (Å²) < 4.78 is 0. The summed E-state index contributed by atoms with van der Waals surface area (Å²) in [4.78, 5) is 14.6. The van der Waals surface area contributed by atoms with Crippen molar-refractivity contribution in [1.82, 2.24) is 4.98 Å². The molecule has 0 aliphatic heterocycles. The zero-order valence-corrected chi connectivity index (χ0v) is 12.9. The summed E-state index contributed by atoms with van der Waals surface area (Å²) in [6, 6.07) is 6.02. The molecule has 1 aromatic carbocycles. The van der Waals surface area contributed by atoms with Crippen LogP contribution in [0.5, 0.6) is 5.75 Å². The molecule has 1 heterocycles. The van der Waals surface area contributed by atoms with Crippen LogP contribution in [0.2, 0.25) is 15.2 Å². The number of aromatic carboxylic acids is 1. The molecule has 114 valence electrons. The number of carboxylic acid groups (broad SMARTS) is 1. The van der Waals surface area contributed by atoms with Gasteiger partial charge in [-0.05, 0) is 5.56 Å². The van der Waals surface area contributed by atoms with E-state index in [0.717, 1.165) is 0 Å². The lowest BCUT2D eigenvalue weighted by molar-refractivity contribution is -0.268. The summed E-state index contributed by atoms with van der Waals surface area (Å²) in [7, 11) is 0. The van der Waals surface area contributed by atoms with Crippen LogP contribution in [0, 0.1) is 0 Å². The number of carbonyl (C=O) groups is 1. The zero-order chi connectivity index (χ0) is 16.3. The molecular weight excluding hydrogens is 353 g/mol. The van der Waals surface area contributed by atoms with Crippen molar-refractivity contribution in [3.05, 3.63) is 50.7 Å². The van der Waals surface area contributed by atoms with E-state index in [4.69, 9.17) is 39.9 Å². The topological polar surface area (TPSA) is 97.6 Å². The minimum Gasteiger partial charge on any atom is -0.872 e. The molecule has 0 saturated carbocycles. The monoisotopic (exact) mass is 358 g/mol. The van der Waals surface area contributed by atoms with Crippen LogP contribution in [0.4, 0.5) is 5.69 Å². The van der Waals surface area contributed by atoms with Crippen molar-refractivity contribution in [3.63, 3.8) is 0 Å². The molecule has 0 fully saturated rings. The largest absolute Gasteiger partial charge is 0.872 e. The van der Waals surface area contributed by atoms with E-state index in [0.29, 0.717) is 5.56 Å². The van der Waals surface area contributed by atoms with E-state index in [-0.39, 0.29) is 26.6 Å². The molecule has 0 aliphatic carbocycles.